The molecule has 4 rings (SSSR count). The molecule has 3 aromatic rings. The molecule has 0 bridgehead atoms. The van der Waals surface area contributed by atoms with E-state index < -0.39 is 0 Å². The summed E-state index contributed by atoms with van der Waals surface area (Å²) in [6.07, 6.45) is 9.66. The van der Waals surface area contributed by atoms with Gasteiger partial charge in [-0.3, -0.25) is 10.1 Å². The number of anilines is 1. The molecule has 28 heavy (non-hydrogen) atoms. The molecule has 1 aliphatic rings. The average Bonchev–Trinajstić information content (AvgIpc) is 3.42. The molecule has 3 heterocycles. The zero-order chi connectivity index (χ0) is 19.5. The maximum Gasteiger partial charge on any atom is 0.213 e. The lowest BCUT2D eigenvalue weighted by Crippen LogP contribution is -2.14. The van der Waals surface area contributed by atoms with Crippen molar-refractivity contribution in [2.24, 2.45) is 5.92 Å². The van der Waals surface area contributed by atoms with Crippen LogP contribution in [0.25, 0.3) is 0 Å². The standard InChI is InChI=1S/C20H23N7O/c1-13(15-8-24-27(11-15)10-14-6-7-14)25-20-16(9-22-12-23-20)19(21)17-4-3-5-18(26-17)28-2/h3-5,8-9,11-14,21H,6-7,10H2,1-2H3,(H,22,23,25). The molecule has 0 spiro atoms. The normalized spacial score (nSPS) is 14.5. The molecule has 8 heteroatoms. The monoisotopic (exact) mass is 377 g/mol. The van der Waals surface area contributed by atoms with E-state index in [2.05, 4.69) is 38.5 Å². The lowest BCUT2D eigenvalue weighted by Gasteiger charge is -2.16. The van der Waals surface area contributed by atoms with E-state index in [4.69, 9.17) is 10.1 Å². The van der Waals surface area contributed by atoms with Crippen LogP contribution in [-0.2, 0) is 6.54 Å². The number of hydrogen-bond acceptors (Lipinski definition) is 7. The molecule has 0 aromatic carbocycles. The Bertz CT molecular complexity index is 980. The van der Waals surface area contributed by atoms with Gasteiger partial charge in [0, 0.05) is 30.6 Å². The van der Waals surface area contributed by atoms with Crippen LogP contribution in [0.5, 0.6) is 5.88 Å². The first-order chi connectivity index (χ1) is 13.6. The first kappa shape index (κ1) is 18.1. The number of hydrogen-bond donors (Lipinski definition) is 2. The van der Waals surface area contributed by atoms with Gasteiger partial charge in [-0.1, -0.05) is 6.07 Å². The molecule has 2 N–H and O–H groups in total. The molecule has 0 amide bonds. The largest absolute Gasteiger partial charge is 0.481 e. The quantitative estimate of drug-likeness (QED) is 0.585. The van der Waals surface area contributed by atoms with E-state index in [1.54, 1.807) is 25.4 Å². The summed E-state index contributed by atoms with van der Waals surface area (Å²) in [6, 6.07) is 5.32. The summed E-state index contributed by atoms with van der Waals surface area (Å²) in [5, 5.41) is 16.4. The number of ether oxygens (including phenoxy) is 1. The highest BCUT2D eigenvalue weighted by molar-refractivity contribution is 6.12. The summed E-state index contributed by atoms with van der Waals surface area (Å²) < 4.78 is 7.17. The van der Waals surface area contributed by atoms with E-state index in [0.717, 1.165) is 18.0 Å². The van der Waals surface area contributed by atoms with Crippen molar-refractivity contribution in [3.63, 3.8) is 0 Å². The van der Waals surface area contributed by atoms with E-state index in [1.807, 2.05) is 16.9 Å². The molecule has 3 aromatic heterocycles. The van der Waals surface area contributed by atoms with E-state index in [1.165, 1.54) is 19.2 Å². The van der Waals surface area contributed by atoms with Gasteiger partial charge in [0.05, 0.1) is 36.3 Å². The van der Waals surface area contributed by atoms with Crippen molar-refractivity contribution >= 4 is 11.5 Å². The minimum absolute atomic E-state index is 0.00679. The van der Waals surface area contributed by atoms with Gasteiger partial charge in [-0.05, 0) is 31.7 Å². The van der Waals surface area contributed by atoms with Crippen molar-refractivity contribution in [3.05, 3.63) is 59.9 Å². The fraction of sp³-hybridized carbons (Fsp3) is 0.350. The third-order valence-electron chi connectivity index (χ3n) is 4.82. The van der Waals surface area contributed by atoms with Gasteiger partial charge in [-0.2, -0.15) is 5.10 Å². The summed E-state index contributed by atoms with van der Waals surface area (Å²) in [5.74, 6) is 1.83. The third-order valence-corrected chi connectivity index (χ3v) is 4.82. The molecule has 0 radical (unpaired) electrons. The lowest BCUT2D eigenvalue weighted by atomic mass is 10.1. The molecule has 1 fully saturated rings. The van der Waals surface area contributed by atoms with Gasteiger partial charge in [-0.25, -0.2) is 15.0 Å². The topological polar surface area (TPSA) is 102 Å². The molecule has 1 aliphatic carbocycles. The number of aromatic nitrogens is 5. The van der Waals surface area contributed by atoms with Crippen LogP contribution in [0, 0.1) is 11.3 Å². The Morgan fingerprint density at radius 1 is 1.36 bits per heavy atom. The summed E-state index contributed by atoms with van der Waals surface area (Å²) in [6.45, 7) is 3.04. The van der Waals surface area contributed by atoms with E-state index in [9.17, 15) is 0 Å². The second-order valence-electron chi connectivity index (χ2n) is 7.03. The number of pyridine rings is 1. The first-order valence-corrected chi connectivity index (χ1v) is 9.33. The van der Waals surface area contributed by atoms with Crippen LogP contribution in [0.2, 0.25) is 0 Å². The van der Waals surface area contributed by atoms with Crippen LogP contribution >= 0.6 is 0 Å². The van der Waals surface area contributed by atoms with Crippen LogP contribution < -0.4 is 10.1 Å². The van der Waals surface area contributed by atoms with Gasteiger partial charge in [-0.15, -0.1) is 0 Å². The molecular weight excluding hydrogens is 354 g/mol. The van der Waals surface area contributed by atoms with E-state index in [-0.39, 0.29) is 11.8 Å². The zero-order valence-electron chi connectivity index (χ0n) is 16.0. The van der Waals surface area contributed by atoms with Crippen molar-refractivity contribution in [1.29, 1.82) is 5.41 Å². The molecule has 1 saturated carbocycles. The fourth-order valence-electron chi connectivity index (χ4n) is 2.99. The van der Waals surface area contributed by atoms with E-state index >= 15 is 0 Å². The number of nitrogens with zero attached hydrogens (tertiary/aromatic N) is 5. The number of rotatable bonds is 8. The predicted octanol–water partition coefficient (Wildman–Crippen LogP) is 3.08. The highest BCUT2D eigenvalue weighted by atomic mass is 16.5. The second-order valence-corrected chi connectivity index (χ2v) is 7.03. The summed E-state index contributed by atoms with van der Waals surface area (Å²) >= 11 is 0. The summed E-state index contributed by atoms with van der Waals surface area (Å²) in [7, 11) is 1.55. The smallest absolute Gasteiger partial charge is 0.213 e. The van der Waals surface area contributed by atoms with Crippen molar-refractivity contribution in [2.45, 2.75) is 32.4 Å². The van der Waals surface area contributed by atoms with Crippen molar-refractivity contribution < 1.29 is 4.74 Å². The van der Waals surface area contributed by atoms with Crippen molar-refractivity contribution in [3.8, 4) is 5.88 Å². The Kier molecular flexibility index (Phi) is 5.01. The van der Waals surface area contributed by atoms with Gasteiger partial charge in [0.25, 0.3) is 0 Å². The Morgan fingerprint density at radius 2 is 2.21 bits per heavy atom. The van der Waals surface area contributed by atoms with Gasteiger partial charge in [0.15, 0.2) is 0 Å². The minimum Gasteiger partial charge on any atom is -0.481 e. The Labute approximate surface area is 163 Å². The SMILES string of the molecule is COc1cccc(C(=N)c2cncnc2NC(C)c2cnn(CC3CC3)c2)n1. The van der Waals surface area contributed by atoms with Crippen LogP contribution in [-0.4, -0.2) is 37.6 Å². The molecule has 8 nitrogen and oxygen atoms in total. The fourth-order valence-corrected chi connectivity index (χ4v) is 2.99. The second kappa shape index (κ2) is 7.75. The number of methoxy groups -OCH3 is 1. The van der Waals surface area contributed by atoms with Gasteiger partial charge in [0.2, 0.25) is 5.88 Å². The van der Waals surface area contributed by atoms with Crippen LogP contribution in [0.4, 0.5) is 5.82 Å². The molecule has 0 saturated heterocycles. The zero-order valence-corrected chi connectivity index (χ0v) is 16.0. The maximum absolute atomic E-state index is 8.57. The molecule has 144 valence electrons. The van der Waals surface area contributed by atoms with Crippen molar-refractivity contribution in [2.75, 3.05) is 12.4 Å². The van der Waals surface area contributed by atoms with Gasteiger partial charge in [0.1, 0.15) is 12.1 Å². The lowest BCUT2D eigenvalue weighted by molar-refractivity contribution is 0.397. The van der Waals surface area contributed by atoms with Gasteiger partial charge >= 0.3 is 0 Å². The van der Waals surface area contributed by atoms with Gasteiger partial charge < -0.3 is 10.1 Å². The maximum atomic E-state index is 8.57. The Morgan fingerprint density at radius 3 is 3.00 bits per heavy atom. The van der Waals surface area contributed by atoms with E-state index in [0.29, 0.717) is 23.0 Å². The third kappa shape index (κ3) is 4.00. The summed E-state index contributed by atoms with van der Waals surface area (Å²) in [4.78, 5) is 12.8. The molecular formula is C20H23N7O. The first-order valence-electron chi connectivity index (χ1n) is 9.33. The van der Waals surface area contributed by atoms with Crippen molar-refractivity contribution in [1.82, 2.24) is 24.7 Å². The number of nitrogens with one attached hydrogen (secondary N) is 2. The highest BCUT2D eigenvalue weighted by Gasteiger charge is 2.22. The average molecular weight is 377 g/mol. The highest BCUT2D eigenvalue weighted by Crippen LogP contribution is 2.30. The molecule has 1 unspecified atom stereocenters. The van der Waals surface area contributed by atoms with Crippen LogP contribution in [0.3, 0.4) is 0 Å². The summed E-state index contributed by atoms with van der Waals surface area (Å²) in [5.41, 5.74) is 2.40. The molecule has 0 aliphatic heterocycles. The van der Waals surface area contributed by atoms with Crippen LogP contribution in [0.1, 0.15) is 42.6 Å². The minimum atomic E-state index is -0.00679. The van der Waals surface area contributed by atoms with Crippen LogP contribution in [0.15, 0.2) is 43.1 Å². The predicted molar refractivity (Wildman–Crippen MR) is 106 cm³/mol. The Hall–Kier alpha value is -3.29. The Balaban J connectivity index is 1.53. The molecule has 1 atom stereocenters.